The Morgan fingerprint density at radius 3 is 2.61 bits per heavy atom. The fourth-order valence-corrected chi connectivity index (χ4v) is 2.69. The summed E-state index contributed by atoms with van der Waals surface area (Å²) in [6.45, 7) is 1.95. The van der Waals surface area contributed by atoms with Crippen molar-refractivity contribution in [3.05, 3.63) is 64.1 Å². The molecule has 0 saturated heterocycles. The second-order valence-electron chi connectivity index (χ2n) is 4.30. The Bertz CT molecular complexity index is 690. The fourth-order valence-electron chi connectivity index (χ4n) is 2.05. The third kappa shape index (κ3) is 2.03. The van der Waals surface area contributed by atoms with Gasteiger partial charge in [-0.25, -0.2) is 4.98 Å². The Kier molecular flexibility index (Phi) is 2.86. The molecule has 1 N–H and O–H groups in total. The number of hydrogen-bond donors (Lipinski definition) is 1. The van der Waals surface area contributed by atoms with Crippen LogP contribution in [0.1, 0.15) is 22.4 Å². The van der Waals surface area contributed by atoms with Crippen molar-refractivity contribution in [1.82, 2.24) is 4.98 Å². The Hall–Kier alpha value is -1.71. The van der Waals surface area contributed by atoms with E-state index in [1.807, 2.05) is 42.6 Å². The SMILES string of the molecule is Cc1nc(C(O)c2ccc3ccccc3c2)cs1. The van der Waals surface area contributed by atoms with Gasteiger partial charge in [0, 0.05) is 5.38 Å². The number of hydrogen-bond acceptors (Lipinski definition) is 3. The molecule has 1 atom stereocenters. The molecule has 18 heavy (non-hydrogen) atoms. The number of aryl methyl sites for hydroxylation is 1. The lowest BCUT2D eigenvalue weighted by Crippen LogP contribution is -1.99. The van der Waals surface area contributed by atoms with Crippen molar-refractivity contribution < 1.29 is 5.11 Å². The van der Waals surface area contributed by atoms with Gasteiger partial charge in [0.25, 0.3) is 0 Å². The molecule has 1 heterocycles. The Morgan fingerprint density at radius 1 is 1.11 bits per heavy atom. The van der Waals surface area contributed by atoms with Crippen LogP contribution in [0.3, 0.4) is 0 Å². The van der Waals surface area contributed by atoms with Gasteiger partial charge in [-0.3, -0.25) is 0 Å². The molecular formula is C15H13NOS. The number of benzene rings is 2. The van der Waals surface area contributed by atoms with Crippen LogP contribution in [-0.4, -0.2) is 10.1 Å². The molecule has 0 fully saturated rings. The Morgan fingerprint density at radius 2 is 1.89 bits per heavy atom. The summed E-state index contributed by atoms with van der Waals surface area (Å²) in [6.07, 6.45) is -0.639. The van der Waals surface area contributed by atoms with Crippen LogP contribution in [0, 0.1) is 6.92 Å². The zero-order chi connectivity index (χ0) is 12.5. The number of fused-ring (bicyclic) bond motifs is 1. The van der Waals surface area contributed by atoms with Crippen molar-refractivity contribution in [2.24, 2.45) is 0 Å². The molecule has 0 spiro atoms. The smallest absolute Gasteiger partial charge is 0.122 e. The molecule has 2 nitrogen and oxygen atoms in total. The van der Waals surface area contributed by atoms with Crippen LogP contribution < -0.4 is 0 Å². The lowest BCUT2D eigenvalue weighted by atomic mass is 10.0. The first-order valence-corrected chi connectivity index (χ1v) is 6.71. The van der Waals surface area contributed by atoms with Gasteiger partial charge in [-0.1, -0.05) is 36.4 Å². The molecule has 90 valence electrons. The van der Waals surface area contributed by atoms with Crippen molar-refractivity contribution in [3.63, 3.8) is 0 Å². The first-order chi connectivity index (χ1) is 8.74. The van der Waals surface area contributed by atoms with Crippen molar-refractivity contribution in [2.75, 3.05) is 0 Å². The molecule has 0 aliphatic rings. The number of nitrogens with zero attached hydrogens (tertiary/aromatic N) is 1. The summed E-state index contributed by atoms with van der Waals surface area (Å²) in [6, 6.07) is 14.2. The zero-order valence-electron chi connectivity index (χ0n) is 10.00. The lowest BCUT2D eigenvalue weighted by molar-refractivity contribution is 0.216. The van der Waals surface area contributed by atoms with E-state index in [0.29, 0.717) is 0 Å². The Balaban J connectivity index is 2.03. The number of rotatable bonds is 2. The molecule has 0 amide bonds. The number of thiazole rings is 1. The highest BCUT2D eigenvalue weighted by Crippen LogP contribution is 2.26. The number of aromatic nitrogens is 1. The van der Waals surface area contributed by atoms with Gasteiger partial charge in [-0.05, 0) is 29.3 Å². The van der Waals surface area contributed by atoms with Gasteiger partial charge < -0.3 is 5.11 Å². The molecule has 3 rings (SSSR count). The van der Waals surface area contributed by atoms with E-state index in [4.69, 9.17) is 0 Å². The molecule has 3 aromatic rings. The highest BCUT2D eigenvalue weighted by Gasteiger charge is 2.13. The van der Waals surface area contributed by atoms with Crippen molar-refractivity contribution in [3.8, 4) is 0 Å². The predicted molar refractivity (Wildman–Crippen MR) is 74.9 cm³/mol. The van der Waals surface area contributed by atoms with Gasteiger partial charge in [-0.15, -0.1) is 11.3 Å². The predicted octanol–water partition coefficient (Wildman–Crippen LogP) is 3.69. The molecule has 0 aliphatic carbocycles. The molecule has 0 aliphatic heterocycles. The third-order valence-electron chi connectivity index (χ3n) is 3.01. The zero-order valence-corrected chi connectivity index (χ0v) is 10.8. The summed E-state index contributed by atoms with van der Waals surface area (Å²) in [7, 11) is 0. The van der Waals surface area contributed by atoms with E-state index in [2.05, 4.69) is 17.1 Å². The van der Waals surface area contributed by atoms with E-state index in [-0.39, 0.29) is 0 Å². The van der Waals surface area contributed by atoms with E-state index in [1.54, 1.807) is 11.3 Å². The second kappa shape index (κ2) is 4.52. The average Bonchev–Trinajstić information content (AvgIpc) is 2.84. The van der Waals surface area contributed by atoms with Crippen LogP contribution >= 0.6 is 11.3 Å². The fraction of sp³-hybridized carbons (Fsp3) is 0.133. The molecule has 0 radical (unpaired) electrons. The quantitative estimate of drug-likeness (QED) is 0.757. The summed E-state index contributed by atoms with van der Waals surface area (Å²) < 4.78 is 0. The summed E-state index contributed by atoms with van der Waals surface area (Å²) in [4.78, 5) is 4.34. The van der Waals surface area contributed by atoms with E-state index >= 15 is 0 Å². The van der Waals surface area contributed by atoms with Gasteiger partial charge in [-0.2, -0.15) is 0 Å². The maximum Gasteiger partial charge on any atom is 0.122 e. The van der Waals surface area contributed by atoms with Crippen LogP contribution in [0.15, 0.2) is 47.8 Å². The average molecular weight is 255 g/mol. The lowest BCUT2D eigenvalue weighted by Gasteiger charge is -2.09. The normalized spacial score (nSPS) is 12.8. The van der Waals surface area contributed by atoms with E-state index < -0.39 is 6.10 Å². The molecule has 3 heteroatoms. The van der Waals surface area contributed by atoms with Crippen LogP contribution in [0.25, 0.3) is 10.8 Å². The molecule has 0 bridgehead atoms. The minimum Gasteiger partial charge on any atom is -0.382 e. The second-order valence-corrected chi connectivity index (χ2v) is 5.36. The molecular weight excluding hydrogens is 242 g/mol. The van der Waals surface area contributed by atoms with Gasteiger partial charge in [0.05, 0.1) is 10.7 Å². The maximum atomic E-state index is 10.3. The van der Waals surface area contributed by atoms with E-state index in [1.165, 1.54) is 5.39 Å². The summed E-state index contributed by atoms with van der Waals surface area (Å²) >= 11 is 1.56. The molecule has 0 saturated carbocycles. The van der Waals surface area contributed by atoms with Crippen LogP contribution in [-0.2, 0) is 0 Å². The summed E-state index contributed by atoms with van der Waals surface area (Å²) in [5, 5.41) is 15.5. The number of aliphatic hydroxyl groups excluding tert-OH is 1. The third-order valence-corrected chi connectivity index (χ3v) is 3.80. The van der Waals surface area contributed by atoms with Gasteiger partial charge in [0.1, 0.15) is 6.10 Å². The highest BCUT2D eigenvalue weighted by atomic mass is 32.1. The largest absolute Gasteiger partial charge is 0.382 e. The van der Waals surface area contributed by atoms with E-state index in [9.17, 15) is 5.11 Å². The standard InChI is InChI=1S/C15H13NOS/c1-10-16-14(9-18-10)15(17)13-7-6-11-4-2-3-5-12(11)8-13/h2-9,15,17H,1H3. The Labute approximate surface area is 110 Å². The van der Waals surface area contributed by atoms with Gasteiger partial charge in [0.2, 0.25) is 0 Å². The van der Waals surface area contributed by atoms with Gasteiger partial charge >= 0.3 is 0 Å². The minimum absolute atomic E-state index is 0.639. The van der Waals surface area contributed by atoms with Crippen LogP contribution in [0.2, 0.25) is 0 Å². The highest BCUT2D eigenvalue weighted by molar-refractivity contribution is 7.09. The van der Waals surface area contributed by atoms with Crippen molar-refractivity contribution >= 4 is 22.1 Å². The first-order valence-electron chi connectivity index (χ1n) is 5.83. The van der Waals surface area contributed by atoms with Gasteiger partial charge in [0.15, 0.2) is 0 Å². The molecule has 1 unspecified atom stereocenters. The molecule has 1 aromatic heterocycles. The van der Waals surface area contributed by atoms with Crippen molar-refractivity contribution in [2.45, 2.75) is 13.0 Å². The first kappa shape index (κ1) is 11.4. The topological polar surface area (TPSA) is 33.1 Å². The van der Waals surface area contributed by atoms with Crippen molar-refractivity contribution in [1.29, 1.82) is 0 Å². The summed E-state index contributed by atoms with van der Waals surface area (Å²) in [5.41, 5.74) is 1.62. The maximum absolute atomic E-state index is 10.3. The number of aliphatic hydroxyl groups is 1. The monoisotopic (exact) mass is 255 g/mol. The summed E-state index contributed by atoms with van der Waals surface area (Å²) in [5.74, 6) is 0. The van der Waals surface area contributed by atoms with E-state index in [0.717, 1.165) is 21.7 Å². The molecule has 2 aromatic carbocycles. The van der Waals surface area contributed by atoms with Crippen LogP contribution in [0.5, 0.6) is 0 Å². The van der Waals surface area contributed by atoms with Crippen LogP contribution in [0.4, 0.5) is 0 Å². The minimum atomic E-state index is -0.639.